The number of rotatable bonds is 2. The summed E-state index contributed by atoms with van der Waals surface area (Å²) in [6, 6.07) is 8.25. The van der Waals surface area contributed by atoms with E-state index >= 15 is 0 Å². The average Bonchev–Trinajstić information content (AvgIpc) is 2.68. The molecule has 1 aliphatic carbocycles. The molecule has 1 saturated heterocycles. The number of nitrogens with two attached hydrogens (primary N) is 1. The van der Waals surface area contributed by atoms with Gasteiger partial charge in [0.25, 0.3) is 0 Å². The van der Waals surface area contributed by atoms with Gasteiger partial charge in [0.05, 0.1) is 0 Å². The first-order valence-electron chi connectivity index (χ1n) is 7.13. The van der Waals surface area contributed by atoms with Crippen LogP contribution < -0.4 is 11.1 Å². The van der Waals surface area contributed by atoms with Gasteiger partial charge in [0, 0.05) is 29.7 Å². The third kappa shape index (κ3) is 2.65. The van der Waals surface area contributed by atoms with Crippen molar-refractivity contribution in [2.75, 3.05) is 24.7 Å². The zero-order valence-corrected chi connectivity index (χ0v) is 12.5. The van der Waals surface area contributed by atoms with Crippen LogP contribution in [0.2, 0.25) is 0 Å². The molecule has 1 saturated carbocycles. The maximum Gasteiger partial charge on any atom is 0.321 e. The predicted molar refractivity (Wildman–Crippen MR) is 83.0 cm³/mol. The number of urea groups is 1. The Morgan fingerprint density at radius 1 is 1.35 bits per heavy atom. The quantitative estimate of drug-likeness (QED) is 0.824. The van der Waals surface area contributed by atoms with E-state index in [1.165, 1.54) is 0 Å². The van der Waals surface area contributed by atoms with Crippen molar-refractivity contribution >= 4 is 23.5 Å². The Morgan fingerprint density at radius 3 is 2.70 bits per heavy atom. The number of carbonyl (C=O) groups is 1. The topological polar surface area (TPSA) is 58.4 Å². The first-order chi connectivity index (χ1) is 9.67. The third-order valence-electron chi connectivity index (χ3n) is 4.51. The lowest BCUT2D eigenvalue weighted by Gasteiger charge is -2.36. The second-order valence-electron chi connectivity index (χ2n) is 5.74. The Bertz CT molecular complexity index is 494. The van der Waals surface area contributed by atoms with Crippen LogP contribution in [0.1, 0.15) is 12.8 Å². The lowest BCUT2D eigenvalue weighted by atomic mass is 9.93. The summed E-state index contributed by atoms with van der Waals surface area (Å²) in [5, 5.41) is 3.00. The molecular weight excluding hydrogens is 270 g/mol. The minimum Gasteiger partial charge on any atom is -0.327 e. The van der Waals surface area contributed by atoms with Crippen LogP contribution in [-0.2, 0) is 0 Å². The van der Waals surface area contributed by atoms with Gasteiger partial charge in [0.1, 0.15) is 0 Å². The molecule has 0 aromatic heterocycles. The fourth-order valence-electron chi connectivity index (χ4n) is 3.33. The van der Waals surface area contributed by atoms with Crippen LogP contribution in [0, 0.1) is 11.8 Å². The molecule has 20 heavy (non-hydrogen) atoms. The van der Waals surface area contributed by atoms with Crippen LogP contribution in [-0.4, -0.2) is 36.3 Å². The summed E-state index contributed by atoms with van der Waals surface area (Å²) < 4.78 is 0. The first-order valence-corrected chi connectivity index (χ1v) is 8.35. The standard InChI is InChI=1S/C15H21N3OS/c1-20-13-4-2-3-12(7-13)17-15(19)18-8-10-5-6-11(9-18)14(10)16/h2-4,7,10-11,14H,5-6,8-9,16H2,1H3,(H,17,19)/t10-,11+,14?. The van der Waals surface area contributed by atoms with Crippen LogP contribution in [0.5, 0.6) is 0 Å². The molecule has 5 heteroatoms. The van der Waals surface area contributed by atoms with Gasteiger partial charge in [0.2, 0.25) is 0 Å². The number of hydrogen-bond acceptors (Lipinski definition) is 3. The van der Waals surface area contributed by atoms with E-state index in [1.54, 1.807) is 11.8 Å². The monoisotopic (exact) mass is 291 g/mol. The minimum atomic E-state index is 0.00653. The number of fused-ring (bicyclic) bond motifs is 2. The number of nitrogens with one attached hydrogen (secondary N) is 1. The molecule has 2 aliphatic rings. The lowest BCUT2D eigenvalue weighted by Crippen LogP contribution is -2.51. The van der Waals surface area contributed by atoms with Gasteiger partial charge in [0.15, 0.2) is 0 Å². The number of nitrogens with zero attached hydrogens (tertiary/aromatic N) is 1. The van der Waals surface area contributed by atoms with Gasteiger partial charge in [-0.1, -0.05) is 6.07 Å². The Labute approximate surface area is 124 Å². The van der Waals surface area contributed by atoms with Crippen molar-refractivity contribution in [3.63, 3.8) is 0 Å². The highest BCUT2D eigenvalue weighted by Crippen LogP contribution is 2.35. The maximum absolute atomic E-state index is 12.4. The van der Waals surface area contributed by atoms with Gasteiger partial charge in [-0.25, -0.2) is 4.79 Å². The molecule has 3 atom stereocenters. The fourth-order valence-corrected chi connectivity index (χ4v) is 3.79. The average molecular weight is 291 g/mol. The van der Waals surface area contributed by atoms with Gasteiger partial charge in [-0.3, -0.25) is 0 Å². The number of anilines is 1. The number of carbonyl (C=O) groups excluding carboxylic acids is 1. The Balaban J connectivity index is 1.65. The van der Waals surface area contributed by atoms with E-state index in [0.29, 0.717) is 17.9 Å². The molecule has 4 nitrogen and oxygen atoms in total. The van der Waals surface area contributed by atoms with Crippen molar-refractivity contribution in [3.05, 3.63) is 24.3 Å². The summed E-state index contributed by atoms with van der Waals surface area (Å²) >= 11 is 1.68. The van der Waals surface area contributed by atoms with Crippen molar-refractivity contribution in [1.29, 1.82) is 0 Å². The summed E-state index contributed by atoms with van der Waals surface area (Å²) in [4.78, 5) is 15.4. The molecule has 1 aromatic rings. The molecule has 0 radical (unpaired) electrons. The number of piperidine rings is 1. The van der Waals surface area contributed by atoms with E-state index in [1.807, 2.05) is 35.4 Å². The fraction of sp³-hybridized carbons (Fsp3) is 0.533. The Morgan fingerprint density at radius 2 is 2.05 bits per heavy atom. The van der Waals surface area contributed by atoms with Gasteiger partial charge in [-0.2, -0.15) is 0 Å². The summed E-state index contributed by atoms with van der Waals surface area (Å²) in [6.07, 6.45) is 4.36. The maximum atomic E-state index is 12.4. The molecule has 1 unspecified atom stereocenters. The van der Waals surface area contributed by atoms with Crippen molar-refractivity contribution in [1.82, 2.24) is 4.90 Å². The summed E-state index contributed by atoms with van der Waals surface area (Å²) in [5.74, 6) is 0.967. The molecule has 1 heterocycles. The Kier molecular flexibility index (Phi) is 3.89. The number of likely N-dealkylation sites (tertiary alicyclic amines) is 1. The summed E-state index contributed by atoms with van der Waals surface area (Å²) in [5.41, 5.74) is 7.04. The van der Waals surface area contributed by atoms with Gasteiger partial charge in [-0.15, -0.1) is 11.8 Å². The SMILES string of the molecule is CSc1cccc(NC(=O)N2C[C@H]3CC[C@@H](C2)C3N)c1. The van der Waals surface area contributed by atoms with Crippen LogP contribution in [0.4, 0.5) is 10.5 Å². The third-order valence-corrected chi connectivity index (χ3v) is 5.24. The zero-order chi connectivity index (χ0) is 14.1. The van der Waals surface area contributed by atoms with Gasteiger partial charge < -0.3 is 16.0 Å². The van der Waals surface area contributed by atoms with Crippen molar-refractivity contribution in [2.45, 2.75) is 23.8 Å². The highest BCUT2D eigenvalue weighted by molar-refractivity contribution is 7.98. The van der Waals surface area contributed by atoms with Crippen molar-refractivity contribution in [3.8, 4) is 0 Å². The second-order valence-corrected chi connectivity index (χ2v) is 6.62. The number of hydrogen-bond donors (Lipinski definition) is 2. The highest BCUT2D eigenvalue weighted by atomic mass is 32.2. The zero-order valence-electron chi connectivity index (χ0n) is 11.7. The van der Waals surface area contributed by atoms with Crippen LogP contribution in [0.15, 0.2) is 29.2 Å². The molecule has 1 aromatic carbocycles. The molecule has 0 spiro atoms. The predicted octanol–water partition coefficient (Wildman–Crippen LogP) is 2.61. The van der Waals surface area contributed by atoms with Crippen LogP contribution in [0.3, 0.4) is 0 Å². The summed E-state index contributed by atoms with van der Waals surface area (Å²) in [7, 11) is 0. The van der Waals surface area contributed by atoms with E-state index in [-0.39, 0.29) is 6.03 Å². The molecule has 108 valence electrons. The molecule has 2 fully saturated rings. The highest BCUT2D eigenvalue weighted by Gasteiger charge is 2.41. The largest absolute Gasteiger partial charge is 0.327 e. The molecule has 1 aliphatic heterocycles. The van der Waals surface area contributed by atoms with E-state index in [4.69, 9.17) is 5.73 Å². The number of amides is 2. The van der Waals surface area contributed by atoms with E-state index in [9.17, 15) is 4.79 Å². The molecule has 2 amide bonds. The number of benzene rings is 1. The summed E-state index contributed by atoms with van der Waals surface area (Å²) in [6.45, 7) is 1.59. The van der Waals surface area contributed by atoms with E-state index in [0.717, 1.165) is 36.5 Å². The minimum absolute atomic E-state index is 0.00653. The van der Waals surface area contributed by atoms with Gasteiger partial charge in [-0.05, 0) is 49.1 Å². The molecule has 3 rings (SSSR count). The van der Waals surface area contributed by atoms with Crippen LogP contribution >= 0.6 is 11.8 Å². The molecule has 3 N–H and O–H groups in total. The lowest BCUT2D eigenvalue weighted by molar-refractivity contribution is 0.161. The smallest absolute Gasteiger partial charge is 0.321 e. The number of thioether (sulfide) groups is 1. The van der Waals surface area contributed by atoms with Crippen LogP contribution in [0.25, 0.3) is 0 Å². The van der Waals surface area contributed by atoms with Crippen molar-refractivity contribution in [2.24, 2.45) is 17.6 Å². The molecule has 2 bridgehead atoms. The normalized spacial score (nSPS) is 28.5. The second kappa shape index (κ2) is 5.66. The van der Waals surface area contributed by atoms with Crippen molar-refractivity contribution < 1.29 is 4.79 Å². The van der Waals surface area contributed by atoms with Gasteiger partial charge >= 0.3 is 6.03 Å². The molecular formula is C15H21N3OS. The van der Waals surface area contributed by atoms with E-state index < -0.39 is 0 Å². The Hall–Kier alpha value is -1.20. The first kappa shape index (κ1) is 13.8. The van der Waals surface area contributed by atoms with E-state index in [2.05, 4.69) is 5.32 Å².